The molecule has 1 rings (SSSR count). The summed E-state index contributed by atoms with van der Waals surface area (Å²) in [6, 6.07) is 3.79. The van der Waals surface area contributed by atoms with Crippen LogP contribution in [-0.4, -0.2) is 11.5 Å². The summed E-state index contributed by atoms with van der Waals surface area (Å²) in [5, 5.41) is 0. The summed E-state index contributed by atoms with van der Waals surface area (Å²) in [5.74, 6) is 0. The van der Waals surface area contributed by atoms with E-state index < -0.39 is 0 Å². The highest BCUT2D eigenvalue weighted by Gasteiger charge is 2.02. The zero-order valence-corrected chi connectivity index (χ0v) is 8.15. The maximum atomic E-state index is 5.68. The topological polar surface area (TPSA) is 64.9 Å². The second-order valence-corrected chi connectivity index (χ2v) is 3.36. The molecule has 0 fully saturated rings. The van der Waals surface area contributed by atoms with E-state index in [1.807, 2.05) is 12.1 Å². The van der Waals surface area contributed by atoms with Crippen molar-refractivity contribution in [3.8, 4) is 0 Å². The van der Waals surface area contributed by atoms with Gasteiger partial charge in [-0.3, -0.25) is 0 Å². The van der Waals surface area contributed by atoms with Crippen LogP contribution in [0.5, 0.6) is 0 Å². The molecule has 0 saturated heterocycles. The minimum Gasteiger partial charge on any atom is -0.329 e. The molecule has 0 radical (unpaired) electrons. The molecule has 0 aliphatic carbocycles. The van der Waals surface area contributed by atoms with Gasteiger partial charge in [0.05, 0.1) is 0 Å². The summed E-state index contributed by atoms with van der Waals surface area (Å²) < 4.78 is 0.968. The van der Waals surface area contributed by atoms with Crippen LogP contribution >= 0.6 is 22.6 Å². The lowest BCUT2D eigenvalue weighted by Gasteiger charge is -2.07. The molecular formula is C7H10IN3. The normalized spacial score (nSPS) is 13.0. The number of hydrogen-bond donors (Lipinski definition) is 2. The summed E-state index contributed by atoms with van der Waals surface area (Å²) in [7, 11) is 0. The van der Waals surface area contributed by atoms with Crippen molar-refractivity contribution in [2.45, 2.75) is 6.04 Å². The predicted molar refractivity (Wildman–Crippen MR) is 52.9 cm³/mol. The van der Waals surface area contributed by atoms with E-state index in [1.165, 1.54) is 0 Å². The molecule has 0 aliphatic rings. The molecule has 1 aromatic rings. The van der Waals surface area contributed by atoms with E-state index in [1.54, 1.807) is 6.20 Å². The van der Waals surface area contributed by atoms with Crippen molar-refractivity contribution in [1.29, 1.82) is 0 Å². The number of hydrogen-bond acceptors (Lipinski definition) is 3. The lowest BCUT2D eigenvalue weighted by atomic mass is 10.1. The number of aromatic nitrogens is 1. The highest BCUT2D eigenvalue weighted by atomic mass is 127. The Morgan fingerprint density at radius 1 is 1.55 bits per heavy atom. The van der Waals surface area contributed by atoms with Crippen LogP contribution in [0.3, 0.4) is 0 Å². The van der Waals surface area contributed by atoms with Crippen molar-refractivity contribution in [3.63, 3.8) is 0 Å². The van der Waals surface area contributed by atoms with E-state index in [4.69, 9.17) is 11.5 Å². The lowest BCUT2D eigenvalue weighted by molar-refractivity contribution is 0.732. The second-order valence-electron chi connectivity index (χ2n) is 2.26. The van der Waals surface area contributed by atoms with Gasteiger partial charge in [0.25, 0.3) is 0 Å². The quantitative estimate of drug-likeness (QED) is 0.608. The van der Waals surface area contributed by atoms with E-state index in [2.05, 4.69) is 27.6 Å². The third kappa shape index (κ3) is 2.39. The molecule has 1 heterocycles. The third-order valence-corrected chi connectivity index (χ3v) is 2.07. The predicted octanol–water partition coefficient (Wildman–Crippen LogP) is 0.645. The molecule has 0 saturated carbocycles. The number of pyridine rings is 1. The van der Waals surface area contributed by atoms with Gasteiger partial charge < -0.3 is 11.5 Å². The summed E-state index contributed by atoms with van der Waals surface area (Å²) in [5.41, 5.74) is 12.1. The molecule has 3 nitrogen and oxygen atoms in total. The van der Waals surface area contributed by atoms with Crippen LogP contribution in [0.1, 0.15) is 11.6 Å². The number of nitrogens with zero attached hydrogens (tertiary/aromatic N) is 1. The van der Waals surface area contributed by atoms with Gasteiger partial charge in [0, 0.05) is 18.8 Å². The van der Waals surface area contributed by atoms with Gasteiger partial charge in [-0.2, -0.15) is 0 Å². The Labute approximate surface area is 79.3 Å². The zero-order chi connectivity index (χ0) is 8.27. The Morgan fingerprint density at radius 2 is 2.27 bits per heavy atom. The first-order valence-electron chi connectivity index (χ1n) is 3.31. The molecule has 0 amide bonds. The van der Waals surface area contributed by atoms with Gasteiger partial charge in [-0.15, -0.1) is 0 Å². The van der Waals surface area contributed by atoms with Gasteiger partial charge in [-0.05, 0) is 34.2 Å². The van der Waals surface area contributed by atoms with Crippen molar-refractivity contribution < 1.29 is 0 Å². The molecule has 0 aliphatic heterocycles. The first kappa shape index (κ1) is 8.89. The van der Waals surface area contributed by atoms with Crippen molar-refractivity contribution in [2.24, 2.45) is 11.5 Å². The summed E-state index contributed by atoms with van der Waals surface area (Å²) in [6.45, 7) is 0.461. The molecule has 0 bridgehead atoms. The van der Waals surface area contributed by atoms with Crippen LogP contribution in [0.25, 0.3) is 0 Å². The molecule has 1 aromatic heterocycles. The van der Waals surface area contributed by atoms with Crippen molar-refractivity contribution >= 4 is 22.6 Å². The smallest absolute Gasteiger partial charge is 0.101 e. The van der Waals surface area contributed by atoms with E-state index in [-0.39, 0.29) is 6.04 Å². The molecule has 60 valence electrons. The summed E-state index contributed by atoms with van der Waals surface area (Å²) in [6.07, 6.45) is 1.76. The molecule has 11 heavy (non-hydrogen) atoms. The van der Waals surface area contributed by atoms with E-state index >= 15 is 0 Å². The highest BCUT2D eigenvalue weighted by molar-refractivity contribution is 14.1. The van der Waals surface area contributed by atoms with Crippen LogP contribution in [0.2, 0.25) is 0 Å². The van der Waals surface area contributed by atoms with Crippen LogP contribution < -0.4 is 11.5 Å². The SMILES string of the molecule is NC[C@@H](N)c1ccc(I)nc1. The van der Waals surface area contributed by atoms with Gasteiger partial charge in [-0.1, -0.05) is 6.07 Å². The fourth-order valence-corrected chi connectivity index (χ4v) is 1.06. The fraction of sp³-hybridized carbons (Fsp3) is 0.286. The minimum atomic E-state index is -0.0838. The molecule has 4 heteroatoms. The lowest BCUT2D eigenvalue weighted by Crippen LogP contribution is -2.20. The van der Waals surface area contributed by atoms with Crippen molar-refractivity contribution in [3.05, 3.63) is 27.6 Å². The van der Waals surface area contributed by atoms with Gasteiger partial charge in [-0.25, -0.2) is 4.98 Å². The Kier molecular flexibility index (Phi) is 3.22. The Morgan fingerprint density at radius 3 is 2.73 bits per heavy atom. The van der Waals surface area contributed by atoms with Gasteiger partial charge in [0.15, 0.2) is 0 Å². The van der Waals surface area contributed by atoms with Gasteiger partial charge in [0.1, 0.15) is 3.70 Å². The monoisotopic (exact) mass is 263 g/mol. The van der Waals surface area contributed by atoms with Crippen molar-refractivity contribution in [2.75, 3.05) is 6.54 Å². The molecule has 1 atom stereocenters. The fourth-order valence-electron chi connectivity index (χ4n) is 0.743. The highest BCUT2D eigenvalue weighted by Crippen LogP contribution is 2.08. The number of halogens is 1. The van der Waals surface area contributed by atoms with Crippen LogP contribution in [0.15, 0.2) is 18.3 Å². The van der Waals surface area contributed by atoms with E-state index in [9.17, 15) is 0 Å². The first-order valence-corrected chi connectivity index (χ1v) is 4.39. The van der Waals surface area contributed by atoms with Crippen LogP contribution in [-0.2, 0) is 0 Å². The average Bonchev–Trinajstić information content (AvgIpc) is 2.05. The second kappa shape index (κ2) is 3.99. The van der Waals surface area contributed by atoms with E-state index in [0.717, 1.165) is 9.26 Å². The maximum absolute atomic E-state index is 5.68. The average molecular weight is 263 g/mol. The van der Waals surface area contributed by atoms with Gasteiger partial charge in [0.2, 0.25) is 0 Å². The summed E-state index contributed by atoms with van der Waals surface area (Å²) in [4.78, 5) is 4.10. The number of rotatable bonds is 2. The van der Waals surface area contributed by atoms with Crippen molar-refractivity contribution in [1.82, 2.24) is 4.98 Å². The Balaban J connectivity index is 2.81. The first-order chi connectivity index (χ1) is 5.24. The number of nitrogens with two attached hydrogens (primary N) is 2. The van der Waals surface area contributed by atoms with E-state index in [0.29, 0.717) is 6.54 Å². The summed E-state index contributed by atoms with van der Waals surface area (Å²) >= 11 is 2.15. The largest absolute Gasteiger partial charge is 0.329 e. The third-order valence-electron chi connectivity index (χ3n) is 1.43. The van der Waals surface area contributed by atoms with Crippen LogP contribution in [0, 0.1) is 3.70 Å². The Bertz CT molecular complexity index is 222. The van der Waals surface area contributed by atoms with Gasteiger partial charge >= 0.3 is 0 Å². The molecule has 0 spiro atoms. The molecule has 4 N–H and O–H groups in total. The standard InChI is InChI=1S/C7H10IN3/c8-7-2-1-5(4-11-7)6(10)3-9/h1-2,4,6H,3,9-10H2/t6-/m1/s1. The zero-order valence-electron chi connectivity index (χ0n) is 6.00. The minimum absolute atomic E-state index is 0.0838. The molecule has 0 aromatic carbocycles. The molecule has 0 unspecified atom stereocenters. The molecular weight excluding hydrogens is 253 g/mol. The Hall–Kier alpha value is -0.200. The maximum Gasteiger partial charge on any atom is 0.101 e. The van der Waals surface area contributed by atoms with Crippen LogP contribution in [0.4, 0.5) is 0 Å².